The molecule has 0 bridgehead atoms. The van der Waals surface area contributed by atoms with Crippen molar-refractivity contribution in [3.05, 3.63) is 57.6 Å². The molecule has 2 aromatic carbocycles. The maximum absolute atomic E-state index is 12.2. The van der Waals surface area contributed by atoms with Crippen molar-refractivity contribution in [1.29, 1.82) is 0 Å². The molecule has 0 aliphatic rings. The average Bonchev–Trinajstić information content (AvgIpc) is 2.60. The van der Waals surface area contributed by atoms with Crippen LogP contribution in [0.4, 0.5) is 10.5 Å². The van der Waals surface area contributed by atoms with Crippen LogP contribution in [0.5, 0.6) is 5.75 Å². The molecule has 0 aliphatic carbocycles. The normalized spacial score (nSPS) is 10.2. The second kappa shape index (κ2) is 8.31. The first-order valence-corrected chi connectivity index (χ1v) is 8.17. The van der Waals surface area contributed by atoms with Crippen molar-refractivity contribution in [3.8, 4) is 5.75 Å². The van der Waals surface area contributed by atoms with Crippen molar-refractivity contribution < 1.29 is 19.1 Å². The molecule has 0 fully saturated rings. The maximum atomic E-state index is 12.2. The molecule has 26 heavy (non-hydrogen) atoms. The van der Waals surface area contributed by atoms with Gasteiger partial charge in [-0.3, -0.25) is 14.9 Å². The summed E-state index contributed by atoms with van der Waals surface area (Å²) in [4.78, 5) is 35.5. The van der Waals surface area contributed by atoms with E-state index in [2.05, 4.69) is 18.1 Å². The molecule has 0 aromatic heterocycles. The van der Waals surface area contributed by atoms with E-state index < -0.39 is 17.8 Å². The van der Waals surface area contributed by atoms with E-state index in [9.17, 15) is 14.4 Å². The number of amides is 4. The van der Waals surface area contributed by atoms with Gasteiger partial charge in [0.2, 0.25) is 5.91 Å². The van der Waals surface area contributed by atoms with Crippen LogP contribution in [0, 0.1) is 0 Å². The number of nitrogens with zero attached hydrogens (tertiary/aromatic N) is 1. The summed E-state index contributed by atoms with van der Waals surface area (Å²) in [6.07, 6.45) is 0. The molecule has 2 aromatic rings. The molecule has 0 saturated heterocycles. The number of ether oxygens (including phenoxy) is 1. The number of hydrogen-bond donors (Lipinski definition) is 3. The summed E-state index contributed by atoms with van der Waals surface area (Å²) in [6, 6.07) is 7.60. The summed E-state index contributed by atoms with van der Waals surface area (Å²) in [7, 11) is 1.39. The van der Waals surface area contributed by atoms with Crippen LogP contribution in [0.15, 0.2) is 36.4 Å². The zero-order valence-corrected chi connectivity index (χ0v) is 15.7. The topological polar surface area (TPSA) is 102 Å². The lowest BCUT2D eigenvalue weighted by Gasteiger charge is -2.16. The Bertz CT molecular complexity index is 851. The Labute approximate surface area is 164 Å². The van der Waals surface area contributed by atoms with Crippen LogP contribution in [0.2, 0.25) is 10.0 Å². The Hall–Kier alpha value is -2.42. The lowest BCUT2D eigenvalue weighted by atomic mass is 10.2. The summed E-state index contributed by atoms with van der Waals surface area (Å²) >= 11 is 16.0. The van der Waals surface area contributed by atoms with Crippen LogP contribution < -0.4 is 20.1 Å². The second-order valence-corrected chi connectivity index (χ2v) is 6.17. The number of nitrogens with two attached hydrogens (primary N) is 1. The van der Waals surface area contributed by atoms with Gasteiger partial charge in [-0.05, 0) is 36.4 Å². The first kappa shape index (κ1) is 19.9. The number of carbonyl (C=O) groups is 3. The number of hydrogen-bond acceptors (Lipinski definition) is 5. The van der Waals surface area contributed by atoms with Gasteiger partial charge >= 0.3 is 6.03 Å². The average molecular weight is 414 g/mol. The smallest absolute Gasteiger partial charge is 0.338 e. The number of urea groups is 1. The molecule has 2 rings (SSSR count). The first-order valence-electron chi connectivity index (χ1n) is 7.01. The molecule has 0 spiro atoms. The Kier molecular flexibility index (Phi) is 6.36. The van der Waals surface area contributed by atoms with E-state index in [1.807, 2.05) is 0 Å². The third kappa shape index (κ3) is 4.40. The number of methoxy groups -OCH3 is 1. The van der Waals surface area contributed by atoms with E-state index in [1.165, 1.54) is 43.5 Å². The molecule has 0 radical (unpaired) electrons. The highest BCUT2D eigenvalue weighted by Gasteiger charge is 2.19. The number of nitrogens with one attached hydrogen (secondary N) is 1. The highest BCUT2D eigenvalue weighted by Crippen LogP contribution is 2.33. The molecule has 0 unspecified atom stereocenters. The monoisotopic (exact) mass is 413 g/mol. The van der Waals surface area contributed by atoms with Crippen molar-refractivity contribution in [3.63, 3.8) is 0 Å². The van der Waals surface area contributed by atoms with Crippen LogP contribution in [0.25, 0.3) is 0 Å². The predicted molar refractivity (Wildman–Crippen MR) is 102 cm³/mol. The van der Waals surface area contributed by atoms with Gasteiger partial charge in [0, 0.05) is 11.1 Å². The highest BCUT2D eigenvalue weighted by atomic mass is 35.5. The Balaban J connectivity index is 2.13. The lowest BCUT2D eigenvalue weighted by molar-refractivity contribution is 0.0964. The van der Waals surface area contributed by atoms with Gasteiger partial charge in [-0.15, -0.1) is 0 Å². The fourth-order valence-electron chi connectivity index (χ4n) is 1.99. The molecule has 7 nitrogen and oxygen atoms in total. The van der Waals surface area contributed by atoms with E-state index in [0.29, 0.717) is 5.69 Å². The molecule has 0 atom stereocenters. The minimum absolute atomic E-state index is 0.0694. The van der Waals surface area contributed by atoms with Crippen LogP contribution in [0.1, 0.15) is 20.7 Å². The molecule has 136 valence electrons. The standard InChI is InChI=1S/C16H13Cl2N3O4S/c1-25-13-11(17)6-9(7-12(13)18)15(23)20-16(24)21(26)10-4-2-8(3-5-10)14(19)22/h2-7,26H,1H3,(H2,19,22)(H,20,23,24). The van der Waals surface area contributed by atoms with Gasteiger partial charge in [-0.2, -0.15) is 0 Å². The van der Waals surface area contributed by atoms with Crippen LogP contribution in [-0.4, -0.2) is 25.0 Å². The third-order valence-corrected chi connectivity index (χ3v) is 4.25. The van der Waals surface area contributed by atoms with Crippen molar-refractivity contribution in [2.24, 2.45) is 5.73 Å². The lowest BCUT2D eigenvalue weighted by Crippen LogP contribution is -2.38. The van der Waals surface area contributed by atoms with Gasteiger partial charge in [0.25, 0.3) is 5.91 Å². The SMILES string of the molecule is COc1c(Cl)cc(C(=O)NC(=O)N(S)c2ccc(C(N)=O)cc2)cc1Cl. The van der Waals surface area contributed by atoms with Gasteiger partial charge in [0.15, 0.2) is 5.75 Å². The van der Waals surface area contributed by atoms with Crippen molar-refractivity contribution >= 4 is 59.5 Å². The van der Waals surface area contributed by atoms with Gasteiger partial charge in [0.1, 0.15) is 0 Å². The molecule has 3 N–H and O–H groups in total. The number of imide groups is 1. The van der Waals surface area contributed by atoms with E-state index >= 15 is 0 Å². The third-order valence-electron chi connectivity index (χ3n) is 3.27. The van der Waals surface area contributed by atoms with Gasteiger partial charge in [-0.1, -0.05) is 36.0 Å². The zero-order valence-electron chi connectivity index (χ0n) is 13.3. The molecule has 0 heterocycles. The van der Waals surface area contributed by atoms with Gasteiger partial charge in [0.05, 0.1) is 22.8 Å². The fourth-order valence-corrected chi connectivity index (χ4v) is 2.82. The van der Waals surface area contributed by atoms with E-state index in [4.69, 9.17) is 33.7 Å². The second-order valence-electron chi connectivity index (χ2n) is 4.96. The minimum atomic E-state index is -0.812. The summed E-state index contributed by atoms with van der Waals surface area (Å²) in [5.74, 6) is -1.11. The zero-order chi connectivity index (χ0) is 19.4. The fraction of sp³-hybridized carbons (Fsp3) is 0.0625. The molecular formula is C16H13Cl2N3O4S. The van der Waals surface area contributed by atoms with Gasteiger partial charge < -0.3 is 10.5 Å². The van der Waals surface area contributed by atoms with Crippen molar-refractivity contribution in [1.82, 2.24) is 5.32 Å². The Morgan fingerprint density at radius 3 is 2.08 bits per heavy atom. The molecular weight excluding hydrogens is 401 g/mol. The van der Waals surface area contributed by atoms with Crippen molar-refractivity contribution in [2.45, 2.75) is 0 Å². The van der Waals surface area contributed by atoms with E-state index in [0.717, 1.165) is 4.31 Å². The number of halogens is 2. The number of carbonyl (C=O) groups excluding carboxylic acids is 3. The molecule has 0 saturated carbocycles. The van der Waals surface area contributed by atoms with Crippen LogP contribution in [-0.2, 0) is 0 Å². The van der Waals surface area contributed by atoms with Crippen molar-refractivity contribution in [2.75, 3.05) is 11.4 Å². The molecule has 0 aliphatic heterocycles. The maximum Gasteiger partial charge on any atom is 0.338 e. The number of rotatable bonds is 4. The minimum Gasteiger partial charge on any atom is -0.494 e. The number of benzene rings is 2. The van der Waals surface area contributed by atoms with Crippen LogP contribution in [0.3, 0.4) is 0 Å². The first-order chi connectivity index (χ1) is 12.2. The van der Waals surface area contributed by atoms with Gasteiger partial charge in [-0.25, -0.2) is 9.10 Å². The summed E-state index contributed by atoms with van der Waals surface area (Å²) in [6.45, 7) is 0. The number of anilines is 1. The molecule has 10 heteroatoms. The molecule has 4 amide bonds. The number of primary amides is 1. The summed E-state index contributed by atoms with van der Waals surface area (Å²) in [5.41, 5.74) is 5.82. The Morgan fingerprint density at radius 2 is 1.62 bits per heavy atom. The summed E-state index contributed by atoms with van der Waals surface area (Å²) in [5, 5.41) is 2.40. The Morgan fingerprint density at radius 1 is 1.08 bits per heavy atom. The van der Waals surface area contributed by atoms with E-state index in [1.54, 1.807) is 0 Å². The van der Waals surface area contributed by atoms with E-state index in [-0.39, 0.29) is 26.9 Å². The summed E-state index contributed by atoms with van der Waals surface area (Å²) < 4.78 is 5.90. The predicted octanol–water partition coefficient (Wildman–Crippen LogP) is 3.30. The quantitative estimate of drug-likeness (QED) is 0.669. The van der Waals surface area contributed by atoms with Crippen LogP contribution >= 0.6 is 36.0 Å². The number of thiol groups is 1. The highest BCUT2D eigenvalue weighted by molar-refractivity contribution is 7.82. The largest absolute Gasteiger partial charge is 0.494 e.